The smallest absolute Gasteiger partial charge is 0.278 e. The van der Waals surface area contributed by atoms with Crippen molar-refractivity contribution in [2.75, 3.05) is 26.2 Å². The van der Waals surface area contributed by atoms with Crippen LogP contribution < -0.4 is 10.1 Å². The van der Waals surface area contributed by atoms with Crippen molar-refractivity contribution in [2.24, 2.45) is 0 Å². The molecular formula is C17H23ClN4O2. The van der Waals surface area contributed by atoms with E-state index in [1.165, 1.54) is 0 Å². The first kappa shape index (κ1) is 18.3. The molecule has 2 aromatic rings. The maximum Gasteiger partial charge on any atom is 0.278 e. The molecule has 1 aromatic heterocycles. The Balaban J connectivity index is 0.00000208. The van der Waals surface area contributed by atoms with E-state index in [2.05, 4.69) is 10.4 Å². The van der Waals surface area contributed by atoms with Gasteiger partial charge in [-0.15, -0.1) is 12.4 Å². The molecule has 1 N–H and O–H groups in total. The quantitative estimate of drug-likeness (QED) is 0.917. The van der Waals surface area contributed by atoms with Crippen molar-refractivity contribution in [3.8, 4) is 11.4 Å². The number of nitrogens with zero attached hydrogens (tertiary/aromatic N) is 3. The van der Waals surface area contributed by atoms with Gasteiger partial charge in [-0.25, -0.2) is 4.68 Å². The molecule has 1 saturated heterocycles. The molecule has 130 valence electrons. The maximum atomic E-state index is 12.9. The van der Waals surface area contributed by atoms with E-state index in [0.29, 0.717) is 24.6 Å². The van der Waals surface area contributed by atoms with Crippen LogP contribution in [0.5, 0.6) is 5.75 Å². The molecule has 24 heavy (non-hydrogen) atoms. The predicted molar refractivity (Wildman–Crippen MR) is 95.3 cm³/mol. The highest BCUT2D eigenvalue weighted by Gasteiger charge is 2.29. The van der Waals surface area contributed by atoms with Crippen LogP contribution in [0.15, 0.2) is 36.5 Å². The number of para-hydroxylation sites is 1. The van der Waals surface area contributed by atoms with E-state index < -0.39 is 0 Å². The largest absolute Gasteiger partial charge is 0.490 e. The summed E-state index contributed by atoms with van der Waals surface area (Å²) in [5, 5.41) is 7.78. The van der Waals surface area contributed by atoms with Crippen molar-refractivity contribution in [1.29, 1.82) is 0 Å². The molecular weight excluding hydrogens is 328 g/mol. The molecule has 1 aromatic carbocycles. The molecule has 1 aliphatic rings. The summed E-state index contributed by atoms with van der Waals surface area (Å²) in [5.74, 6) is 0.462. The zero-order chi connectivity index (χ0) is 16.2. The third kappa shape index (κ3) is 3.71. The molecule has 0 unspecified atom stereocenters. The van der Waals surface area contributed by atoms with Crippen LogP contribution in [0.3, 0.4) is 0 Å². The van der Waals surface area contributed by atoms with Crippen molar-refractivity contribution < 1.29 is 9.53 Å². The molecule has 1 atom stereocenters. The van der Waals surface area contributed by atoms with E-state index in [4.69, 9.17) is 4.74 Å². The fourth-order valence-electron chi connectivity index (χ4n) is 2.76. The molecule has 0 spiro atoms. The number of carbonyl (C=O) groups excluding carboxylic acids is 1. The second-order valence-corrected chi connectivity index (χ2v) is 5.61. The van der Waals surface area contributed by atoms with Crippen LogP contribution in [0.25, 0.3) is 5.69 Å². The number of hydrogen-bond acceptors (Lipinski definition) is 4. The highest BCUT2D eigenvalue weighted by Crippen LogP contribution is 2.22. The third-order valence-corrected chi connectivity index (χ3v) is 3.97. The van der Waals surface area contributed by atoms with Crippen LogP contribution in [-0.2, 0) is 0 Å². The minimum absolute atomic E-state index is 0. The summed E-state index contributed by atoms with van der Waals surface area (Å²) >= 11 is 0. The fraction of sp³-hybridized carbons (Fsp3) is 0.412. The van der Waals surface area contributed by atoms with Gasteiger partial charge in [-0.05, 0) is 26.0 Å². The number of halogens is 1. The molecule has 0 bridgehead atoms. The number of nitrogens with one attached hydrogen (secondary N) is 1. The molecule has 2 heterocycles. The third-order valence-electron chi connectivity index (χ3n) is 3.97. The highest BCUT2D eigenvalue weighted by molar-refractivity contribution is 5.95. The monoisotopic (exact) mass is 350 g/mol. The number of piperazine rings is 1. The standard InChI is InChI=1S/C17H22N4O2.ClH/c1-3-23-15-12-21(14-7-5-4-6-8-14)19-16(15)17(22)20-10-9-18-11-13(20)2;/h4-8,12-13,18H,3,9-11H2,1-2H3;1H/t13-;/m0./s1. The molecule has 7 heteroatoms. The van der Waals surface area contributed by atoms with Crippen LogP contribution in [0.2, 0.25) is 0 Å². The molecule has 0 saturated carbocycles. The minimum atomic E-state index is -0.0721. The van der Waals surface area contributed by atoms with Crippen LogP contribution in [0.1, 0.15) is 24.3 Å². The highest BCUT2D eigenvalue weighted by atomic mass is 35.5. The number of carbonyl (C=O) groups is 1. The van der Waals surface area contributed by atoms with E-state index in [0.717, 1.165) is 18.8 Å². The number of benzene rings is 1. The molecule has 1 fully saturated rings. The van der Waals surface area contributed by atoms with Gasteiger partial charge in [-0.1, -0.05) is 18.2 Å². The van der Waals surface area contributed by atoms with E-state index in [9.17, 15) is 4.79 Å². The lowest BCUT2D eigenvalue weighted by Gasteiger charge is -2.33. The van der Waals surface area contributed by atoms with Crippen molar-refractivity contribution in [3.05, 3.63) is 42.2 Å². The lowest BCUT2D eigenvalue weighted by atomic mass is 10.2. The predicted octanol–water partition coefficient (Wildman–Crippen LogP) is 2.13. The first-order chi connectivity index (χ1) is 11.2. The average Bonchev–Trinajstić information content (AvgIpc) is 3.00. The average molecular weight is 351 g/mol. The lowest BCUT2D eigenvalue weighted by Crippen LogP contribution is -2.52. The summed E-state index contributed by atoms with van der Waals surface area (Å²) in [4.78, 5) is 14.8. The van der Waals surface area contributed by atoms with Gasteiger partial charge in [0.25, 0.3) is 5.91 Å². The number of ether oxygens (including phenoxy) is 1. The van der Waals surface area contributed by atoms with Gasteiger partial charge in [0.2, 0.25) is 0 Å². The Kier molecular flexibility index (Phi) is 6.23. The SMILES string of the molecule is CCOc1cn(-c2ccccc2)nc1C(=O)N1CCNC[C@@H]1C.Cl. The van der Waals surface area contributed by atoms with Crippen LogP contribution >= 0.6 is 12.4 Å². The van der Waals surface area contributed by atoms with E-state index >= 15 is 0 Å². The Morgan fingerprint density at radius 2 is 2.12 bits per heavy atom. The van der Waals surface area contributed by atoms with Gasteiger partial charge in [-0.2, -0.15) is 5.10 Å². The lowest BCUT2D eigenvalue weighted by molar-refractivity contribution is 0.0645. The van der Waals surface area contributed by atoms with Gasteiger partial charge in [-0.3, -0.25) is 4.79 Å². The zero-order valence-electron chi connectivity index (χ0n) is 13.9. The molecule has 6 nitrogen and oxygen atoms in total. The zero-order valence-corrected chi connectivity index (χ0v) is 14.8. The van der Waals surface area contributed by atoms with Gasteiger partial charge >= 0.3 is 0 Å². The van der Waals surface area contributed by atoms with Gasteiger partial charge in [0, 0.05) is 25.7 Å². The van der Waals surface area contributed by atoms with E-state index in [-0.39, 0.29) is 24.4 Å². The van der Waals surface area contributed by atoms with Crippen molar-refractivity contribution in [1.82, 2.24) is 20.0 Å². The first-order valence-corrected chi connectivity index (χ1v) is 8.00. The first-order valence-electron chi connectivity index (χ1n) is 8.00. The van der Waals surface area contributed by atoms with E-state index in [1.54, 1.807) is 10.9 Å². The topological polar surface area (TPSA) is 59.4 Å². The summed E-state index contributed by atoms with van der Waals surface area (Å²) < 4.78 is 7.34. The number of aromatic nitrogens is 2. The molecule has 0 radical (unpaired) electrons. The van der Waals surface area contributed by atoms with Gasteiger partial charge < -0.3 is 15.0 Å². The summed E-state index contributed by atoms with van der Waals surface area (Å²) in [7, 11) is 0. The van der Waals surface area contributed by atoms with Gasteiger partial charge in [0.15, 0.2) is 11.4 Å². The Labute approximate surface area is 148 Å². The van der Waals surface area contributed by atoms with Crippen molar-refractivity contribution >= 4 is 18.3 Å². The number of rotatable bonds is 4. The number of hydrogen-bond donors (Lipinski definition) is 1. The Bertz CT molecular complexity index is 674. The fourth-order valence-corrected chi connectivity index (χ4v) is 2.76. The normalized spacial score (nSPS) is 17.2. The molecule has 1 aliphatic heterocycles. The van der Waals surface area contributed by atoms with Crippen LogP contribution in [-0.4, -0.2) is 52.9 Å². The van der Waals surface area contributed by atoms with Crippen LogP contribution in [0.4, 0.5) is 0 Å². The second-order valence-electron chi connectivity index (χ2n) is 5.61. The molecule has 3 rings (SSSR count). The van der Waals surface area contributed by atoms with E-state index in [1.807, 2.05) is 49.1 Å². The van der Waals surface area contributed by atoms with Crippen molar-refractivity contribution in [2.45, 2.75) is 19.9 Å². The summed E-state index contributed by atoms with van der Waals surface area (Å²) in [6, 6.07) is 9.88. The molecule has 0 aliphatic carbocycles. The number of amides is 1. The summed E-state index contributed by atoms with van der Waals surface area (Å²) in [6.45, 7) is 6.73. The summed E-state index contributed by atoms with van der Waals surface area (Å²) in [6.07, 6.45) is 1.78. The van der Waals surface area contributed by atoms with Crippen molar-refractivity contribution in [3.63, 3.8) is 0 Å². The van der Waals surface area contributed by atoms with Crippen LogP contribution in [0, 0.1) is 0 Å². The Hall–Kier alpha value is -2.05. The van der Waals surface area contributed by atoms with Gasteiger partial charge in [0.1, 0.15) is 0 Å². The maximum absolute atomic E-state index is 12.9. The Morgan fingerprint density at radius 1 is 1.38 bits per heavy atom. The van der Waals surface area contributed by atoms with Gasteiger partial charge in [0.05, 0.1) is 18.5 Å². The Morgan fingerprint density at radius 3 is 2.79 bits per heavy atom. The second kappa shape index (κ2) is 8.17. The summed E-state index contributed by atoms with van der Waals surface area (Å²) in [5.41, 5.74) is 1.28. The molecule has 1 amide bonds. The minimum Gasteiger partial charge on any atom is -0.490 e.